The monoisotopic (exact) mass is 278 g/mol. The largest absolute Gasteiger partial charge is 0.366 e. The number of benzene rings is 1. The Morgan fingerprint density at radius 2 is 2.14 bits per heavy atom. The highest BCUT2D eigenvalue weighted by Crippen LogP contribution is 2.28. The second-order valence-electron chi connectivity index (χ2n) is 5.13. The molecule has 0 radical (unpaired) electrons. The molecule has 1 aromatic carbocycles. The third kappa shape index (κ3) is 1.82. The first-order valence-electron chi connectivity index (χ1n) is 6.74. The van der Waals surface area contributed by atoms with Crippen molar-refractivity contribution in [3.8, 4) is 0 Å². The molecule has 0 aliphatic carbocycles. The van der Waals surface area contributed by atoms with Crippen LogP contribution >= 0.6 is 0 Å². The van der Waals surface area contributed by atoms with Gasteiger partial charge < -0.3 is 20.9 Å². The van der Waals surface area contributed by atoms with Gasteiger partial charge in [0.25, 0.3) is 0 Å². The Balaban J connectivity index is 1.71. The lowest BCUT2D eigenvalue weighted by Crippen LogP contribution is -2.40. The highest BCUT2D eigenvalue weighted by molar-refractivity contribution is 5.94. The van der Waals surface area contributed by atoms with Gasteiger partial charge in [-0.15, -0.1) is 0 Å². The Labute approximate surface area is 121 Å². The van der Waals surface area contributed by atoms with E-state index in [1.54, 1.807) is 6.08 Å². The zero-order valence-electron chi connectivity index (χ0n) is 11.2. The van der Waals surface area contributed by atoms with Gasteiger partial charge >= 0.3 is 0 Å². The fourth-order valence-corrected chi connectivity index (χ4v) is 2.77. The first kappa shape index (κ1) is 11.8. The maximum Gasteiger partial charge on any atom is 0.248 e. The lowest BCUT2D eigenvalue weighted by molar-refractivity contribution is -0.115. The first-order chi connectivity index (χ1) is 10.2. The molecule has 1 unspecified atom stereocenters. The molecule has 0 fully saturated rings. The van der Waals surface area contributed by atoms with Gasteiger partial charge in [-0.3, -0.25) is 4.79 Å². The molecule has 5 heteroatoms. The number of nitrogens with two attached hydrogens (primary N) is 1. The molecule has 1 aromatic heterocycles. The van der Waals surface area contributed by atoms with Crippen molar-refractivity contribution in [3.63, 3.8) is 0 Å². The van der Waals surface area contributed by atoms with Gasteiger partial charge in [-0.05, 0) is 24.3 Å². The molecule has 3 heterocycles. The highest BCUT2D eigenvalue weighted by atomic mass is 16.1. The number of aromatic nitrogens is 1. The molecule has 0 saturated carbocycles. The number of amides is 1. The normalized spacial score (nSPS) is 20.0. The molecular formula is C16H14N4O. The summed E-state index contributed by atoms with van der Waals surface area (Å²) in [4.78, 5) is 16.8. The smallest absolute Gasteiger partial charge is 0.248 e. The van der Waals surface area contributed by atoms with Crippen LogP contribution in [0.5, 0.6) is 0 Å². The molecular weight excluding hydrogens is 264 g/mol. The Hall–Kier alpha value is -2.95. The maximum absolute atomic E-state index is 11.5. The van der Waals surface area contributed by atoms with Crippen LogP contribution in [0.4, 0.5) is 0 Å². The predicted octanol–water partition coefficient (Wildman–Crippen LogP) is 1.64. The lowest BCUT2D eigenvalue weighted by atomic mass is 10.1. The highest BCUT2D eigenvalue weighted by Gasteiger charge is 2.30. The van der Waals surface area contributed by atoms with Crippen LogP contribution < -0.4 is 11.1 Å². The van der Waals surface area contributed by atoms with Crippen LogP contribution in [0.1, 0.15) is 5.69 Å². The number of para-hydroxylation sites is 1. The van der Waals surface area contributed by atoms with Gasteiger partial charge in [0.1, 0.15) is 6.17 Å². The van der Waals surface area contributed by atoms with Gasteiger partial charge in [0, 0.05) is 23.3 Å². The number of hydrogen-bond donors (Lipinski definition) is 3. The average molecular weight is 278 g/mol. The third-order valence-corrected chi connectivity index (χ3v) is 3.80. The summed E-state index contributed by atoms with van der Waals surface area (Å²) in [6.07, 6.45) is 7.23. The minimum Gasteiger partial charge on any atom is -0.366 e. The summed E-state index contributed by atoms with van der Waals surface area (Å²) >= 11 is 0. The summed E-state index contributed by atoms with van der Waals surface area (Å²) in [5.74, 6) is -0.409. The second-order valence-corrected chi connectivity index (χ2v) is 5.13. The van der Waals surface area contributed by atoms with Crippen molar-refractivity contribution in [2.45, 2.75) is 6.17 Å². The molecule has 4 N–H and O–H groups in total. The van der Waals surface area contributed by atoms with E-state index in [4.69, 9.17) is 5.73 Å². The number of carbonyl (C=O) groups excluding carboxylic acids is 1. The number of nitrogens with zero attached hydrogens (tertiary/aromatic N) is 1. The van der Waals surface area contributed by atoms with Crippen molar-refractivity contribution in [1.82, 2.24) is 15.2 Å². The summed E-state index contributed by atoms with van der Waals surface area (Å²) in [6.45, 7) is 0. The van der Waals surface area contributed by atoms with Crippen LogP contribution in [0, 0.1) is 0 Å². The van der Waals surface area contributed by atoms with Gasteiger partial charge in [-0.1, -0.05) is 18.2 Å². The zero-order chi connectivity index (χ0) is 14.4. The van der Waals surface area contributed by atoms with Gasteiger partial charge in [-0.25, -0.2) is 0 Å². The van der Waals surface area contributed by atoms with Crippen molar-refractivity contribution in [2.24, 2.45) is 5.73 Å². The lowest BCUT2D eigenvalue weighted by Gasteiger charge is -2.25. The van der Waals surface area contributed by atoms with Crippen LogP contribution in [-0.4, -0.2) is 22.0 Å². The third-order valence-electron chi connectivity index (χ3n) is 3.80. The Bertz CT molecular complexity index is 795. The quantitative estimate of drug-likeness (QED) is 0.781. The van der Waals surface area contributed by atoms with E-state index in [-0.39, 0.29) is 6.17 Å². The first-order valence-corrected chi connectivity index (χ1v) is 6.74. The summed E-state index contributed by atoms with van der Waals surface area (Å²) < 4.78 is 0. The van der Waals surface area contributed by atoms with Crippen molar-refractivity contribution in [2.75, 3.05) is 0 Å². The number of primary amides is 1. The van der Waals surface area contributed by atoms with Crippen LogP contribution in [0.2, 0.25) is 0 Å². The number of carbonyl (C=O) groups is 1. The molecule has 5 nitrogen and oxygen atoms in total. The minimum absolute atomic E-state index is 0.228. The molecule has 1 atom stereocenters. The van der Waals surface area contributed by atoms with Crippen molar-refractivity contribution < 1.29 is 4.79 Å². The fraction of sp³-hybridized carbons (Fsp3) is 0.0625. The number of fused-ring (bicyclic) bond motifs is 2. The van der Waals surface area contributed by atoms with E-state index in [0.29, 0.717) is 5.57 Å². The van der Waals surface area contributed by atoms with E-state index in [9.17, 15) is 4.79 Å². The van der Waals surface area contributed by atoms with E-state index in [1.165, 1.54) is 0 Å². The summed E-state index contributed by atoms with van der Waals surface area (Å²) in [7, 11) is 0. The summed E-state index contributed by atoms with van der Waals surface area (Å²) in [5, 5.41) is 4.49. The van der Waals surface area contributed by atoms with E-state index in [0.717, 1.165) is 22.3 Å². The van der Waals surface area contributed by atoms with E-state index >= 15 is 0 Å². The van der Waals surface area contributed by atoms with Gasteiger partial charge in [0.05, 0.1) is 17.0 Å². The second kappa shape index (κ2) is 4.28. The molecule has 0 bridgehead atoms. The molecule has 2 aliphatic rings. The number of aromatic amines is 1. The maximum atomic E-state index is 11.5. The zero-order valence-corrected chi connectivity index (χ0v) is 11.2. The Morgan fingerprint density at radius 1 is 1.29 bits per heavy atom. The van der Waals surface area contributed by atoms with Gasteiger partial charge in [0.15, 0.2) is 0 Å². The van der Waals surface area contributed by atoms with E-state index < -0.39 is 5.91 Å². The molecule has 104 valence electrons. The SMILES string of the molecule is NC(=O)C1=CC=CN2C=C(c3cc4ccccc4[nH]3)NC12. The van der Waals surface area contributed by atoms with Crippen molar-refractivity contribution >= 4 is 22.5 Å². The standard InChI is InChI=1S/C16H14N4O/c17-15(21)11-5-3-7-20-9-14(19-16(11)20)13-8-10-4-1-2-6-12(10)18-13/h1-9,16,18-19H,(H2,17,21). The Kier molecular flexibility index (Phi) is 2.41. The van der Waals surface area contributed by atoms with Crippen LogP contribution in [-0.2, 0) is 4.79 Å². The van der Waals surface area contributed by atoms with Crippen LogP contribution in [0.3, 0.4) is 0 Å². The molecule has 1 amide bonds. The molecule has 2 aromatic rings. The van der Waals surface area contributed by atoms with E-state index in [2.05, 4.69) is 22.4 Å². The molecule has 2 aliphatic heterocycles. The molecule has 0 spiro atoms. The number of H-pyrrole nitrogens is 1. The van der Waals surface area contributed by atoms with E-state index in [1.807, 2.05) is 41.6 Å². The van der Waals surface area contributed by atoms with Crippen molar-refractivity contribution in [1.29, 1.82) is 0 Å². The fourth-order valence-electron chi connectivity index (χ4n) is 2.77. The number of allylic oxidation sites excluding steroid dienone is 2. The van der Waals surface area contributed by atoms with Crippen LogP contribution in [0.15, 0.2) is 60.5 Å². The average Bonchev–Trinajstić information content (AvgIpc) is 3.09. The number of nitrogens with one attached hydrogen (secondary N) is 2. The summed E-state index contributed by atoms with van der Waals surface area (Å²) in [5.41, 5.74) is 9.00. The number of rotatable bonds is 2. The topological polar surface area (TPSA) is 74.2 Å². The Morgan fingerprint density at radius 3 is 2.95 bits per heavy atom. The molecule has 4 rings (SSSR count). The molecule has 0 saturated heterocycles. The van der Waals surface area contributed by atoms with Crippen molar-refractivity contribution in [3.05, 3.63) is 66.2 Å². The number of hydrogen-bond acceptors (Lipinski definition) is 3. The summed E-state index contributed by atoms with van der Waals surface area (Å²) in [6, 6.07) is 10.2. The molecule has 21 heavy (non-hydrogen) atoms. The predicted molar refractivity (Wildman–Crippen MR) is 81.5 cm³/mol. The van der Waals surface area contributed by atoms with Crippen LogP contribution in [0.25, 0.3) is 16.6 Å². The minimum atomic E-state index is -0.409. The van der Waals surface area contributed by atoms with Gasteiger partial charge in [-0.2, -0.15) is 0 Å². The van der Waals surface area contributed by atoms with Gasteiger partial charge in [0.2, 0.25) is 5.91 Å².